The molecule has 1 atom stereocenters. The summed E-state index contributed by atoms with van der Waals surface area (Å²) in [4.78, 5) is 35.2. The molecule has 1 amide bonds. The number of para-hydroxylation sites is 2. The lowest BCUT2D eigenvalue weighted by molar-refractivity contribution is -0.132. The van der Waals surface area contributed by atoms with Gasteiger partial charge in [-0.3, -0.25) is 14.5 Å². The monoisotopic (exact) mass is 499 g/mol. The zero-order chi connectivity index (χ0) is 25.9. The van der Waals surface area contributed by atoms with Crippen LogP contribution in [0, 0.1) is 5.82 Å². The van der Waals surface area contributed by atoms with Crippen LogP contribution >= 0.6 is 0 Å². The quantitative estimate of drug-likeness (QED) is 0.136. The summed E-state index contributed by atoms with van der Waals surface area (Å²) in [5.41, 5.74) is 1.40. The number of ketones is 1. The van der Waals surface area contributed by atoms with Gasteiger partial charge in [-0.05, 0) is 48.9 Å². The molecule has 1 aliphatic rings. The van der Waals surface area contributed by atoms with Crippen LogP contribution in [0.15, 0.2) is 78.4 Å². The normalized spacial score (nSPS) is 17.0. The molecule has 2 N–H and O–H groups in total. The Labute approximate surface area is 213 Å². The average Bonchev–Trinajstić information content (AvgIpc) is 3.45. The van der Waals surface area contributed by atoms with Crippen molar-refractivity contribution in [3.05, 3.63) is 95.3 Å². The molecule has 3 aromatic carbocycles. The Morgan fingerprint density at radius 1 is 1.03 bits per heavy atom. The van der Waals surface area contributed by atoms with Crippen LogP contribution in [0.3, 0.4) is 0 Å². The molecule has 0 saturated carbocycles. The van der Waals surface area contributed by atoms with Crippen molar-refractivity contribution in [3.63, 3.8) is 0 Å². The lowest BCUT2D eigenvalue weighted by atomic mass is 9.95. The fourth-order valence-electron chi connectivity index (χ4n) is 4.50. The molecule has 0 bridgehead atoms. The molecule has 1 fully saturated rings. The maximum Gasteiger partial charge on any atom is 0.302 e. The molecule has 1 unspecified atom stereocenters. The number of hydrogen-bond donors (Lipinski definition) is 2. The van der Waals surface area contributed by atoms with Crippen LogP contribution in [0.5, 0.6) is 5.75 Å². The zero-order valence-corrected chi connectivity index (χ0v) is 20.3. The van der Waals surface area contributed by atoms with Gasteiger partial charge < -0.3 is 14.8 Å². The zero-order valence-electron chi connectivity index (χ0n) is 20.3. The van der Waals surface area contributed by atoms with Crippen molar-refractivity contribution in [2.75, 3.05) is 11.5 Å². The number of aromatic amines is 1. The van der Waals surface area contributed by atoms with Gasteiger partial charge in [0.1, 0.15) is 23.4 Å². The number of carbonyl (C=O) groups is 2. The molecule has 37 heavy (non-hydrogen) atoms. The Morgan fingerprint density at radius 3 is 2.49 bits per heavy atom. The molecule has 1 aliphatic heterocycles. The van der Waals surface area contributed by atoms with E-state index in [9.17, 15) is 14.7 Å². The van der Waals surface area contributed by atoms with Gasteiger partial charge in [-0.15, -0.1) is 0 Å². The number of hydrogen-bond acceptors (Lipinski definition) is 5. The van der Waals surface area contributed by atoms with Crippen LogP contribution in [0.2, 0.25) is 0 Å². The lowest BCUT2D eigenvalue weighted by Gasteiger charge is -2.23. The number of rotatable bonds is 8. The summed E-state index contributed by atoms with van der Waals surface area (Å²) in [6.45, 7) is 2.69. The predicted octanol–water partition coefficient (Wildman–Crippen LogP) is 5.90. The highest BCUT2D eigenvalue weighted by atomic mass is 19.1. The first-order valence-electron chi connectivity index (χ1n) is 12.2. The third-order valence-electron chi connectivity index (χ3n) is 6.39. The van der Waals surface area contributed by atoms with Gasteiger partial charge in [-0.25, -0.2) is 9.37 Å². The minimum Gasteiger partial charge on any atom is -0.507 e. The molecule has 8 heteroatoms. The number of aromatic nitrogens is 2. The number of amides is 1. The van der Waals surface area contributed by atoms with Gasteiger partial charge >= 0.3 is 5.91 Å². The minimum atomic E-state index is -1.22. The minimum absolute atomic E-state index is 0.0691. The van der Waals surface area contributed by atoms with E-state index in [4.69, 9.17) is 4.74 Å². The Morgan fingerprint density at radius 2 is 1.76 bits per heavy atom. The fraction of sp³-hybridized carbons (Fsp3) is 0.207. The third-order valence-corrected chi connectivity index (χ3v) is 6.39. The molecular formula is C29H26FN3O4. The van der Waals surface area contributed by atoms with Crippen LogP contribution < -0.4 is 9.64 Å². The number of benzene rings is 3. The largest absolute Gasteiger partial charge is 0.507 e. The molecule has 0 radical (unpaired) electrons. The summed E-state index contributed by atoms with van der Waals surface area (Å²) in [5, 5.41) is 11.3. The molecule has 1 saturated heterocycles. The number of H-pyrrole nitrogens is 1. The summed E-state index contributed by atoms with van der Waals surface area (Å²) in [7, 11) is 0. The summed E-state index contributed by atoms with van der Waals surface area (Å²) in [6, 6.07) is 18.4. The maximum absolute atomic E-state index is 15.1. The predicted molar refractivity (Wildman–Crippen MR) is 139 cm³/mol. The molecule has 0 spiro atoms. The van der Waals surface area contributed by atoms with Gasteiger partial charge in [0.25, 0.3) is 5.78 Å². The SMILES string of the molecule is CCCCCOc1ccc(/C(O)=C2\C(=O)C(=O)N(c3nc4ccccc4[nH]3)C2c2ccccc2F)cc1. The number of unbranched alkanes of at least 4 members (excludes halogenated alkanes) is 2. The summed E-state index contributed by atoms with van der Waals surface area (Å²) >= 11 is 0. The van der Waals surface area contributed by atoms with Crippen LogP contribution in [0.4, 0.5) is 10.3 Å². The van der Waals surface area contributed by atoms with Gasteiger partial charge in [0, 0.05) is 11.1 Å². The Hall–Kier alpha value is -4.46. The second kappa shape index (κ2) is 10.3. The first kappa shape index (κ1) is 24.2. The van der Waals surface area contributed by atoms with E-state index < -0.39 is 29.3 Å². The molecular weight excluding hydrogens is 473 g/mol. The number of ether oxygens (including phenoxy) is 1. The molecule has 4 aromatic rings. The van der Waals surface area contributed by atoms with Gasteiger partial charge in [-0.1, -0.05) is 50.1 Å². The fourth-order valence-corrected chi connectivity index (χ4v) is 4.50. The topological polar surface area (TPSA) is 95.5 Å². The Balaban J connectivity index is 1.58. The van der Waals surface area contributed by atoms with E-state index in [0.717, 1.165) is 24.2 Å². The van der Waals surface area contributed by atoms with Crippen LogP contribution in [0.25, 0.3) is 16.8 Å². The van der Waals surface area contributed by atoms with Gasteiger partial charge in [0.05, 0.1) is 23.2 Å². The van der Waals surface area contributed by atoms with Crippen molar-refractivity contribution in [3.8, 4) is 5.75 Å². The van der Waals surface area contributed by atoms with E-state index in [1.807, 2.05) is 6.07 Å². The van der Waals surface area contributed by atoms with Gasteiger partial charge in [-0.2, -0.15) is 0 Å². The van der Waals surface area contributed by atoms with Crippen molar-refractivity contribution in [2.45, 2.75) is 32.2 Å². The summed E-state index contributed by atoms with van der Waals surface area (Å²) in [5.74, 6) is -2.14. The van der Waals surface area contributed by atoms with Gasteiger partial charge in [0.2, 0.25) is 5.95 Å². The standard InChI is InChI=1S/C29H26FN3O4/c1-2-3-8-17-37-19-15-13-18(14-16-19)26(34)24-25(20-9-4-5-10-21(20)30)33(28(36)27(24)35)29-31-22-11-6-7-12-23(22)32-29/h4-7,9-16,25,34H,2-3,8,17H2,1H3,(H,31,32)/b26-24+. The van der Waals surface area contributed by atoms with Crippen LogP contribution in [-0.2, 0) is 9.59 Å². The number of imidazole rings is 1. The van der Waals surface area contributed by atoms with Crippen LogP contribution in [0.1, 0.15) is 43.4 Å². The average molecular weight is 500 g/mol. The van der Waals surface area contributed by atoms with Crippen molar-refractivity contribution in [1.29, 1.82) is 0 Å². The van der Waals surface area contributed by atoms with E-state index in [0.29, 0.717) is 29.0 Å². The van der Waals surface area contributed by atoms with Crippen molar-refractivity contribution in [1.82, 2.24) is 9.97 Å². The number of aliphatic hydroxyl groups excluding tert-OH is 1. The molecule has 7 nitrogen and oxygen atoms in total. The highest BCUT2D eigenvalue weighted by molar-refractivity contribution is 6.51. The van der Waals surface area contributed by atoms with E-state index in [-0.39, 0.29) is 17.1 Å². The number of anilines is 1. The maximum atomic E-state index is 15.1. The van der Waals surface area contributed by atoms with Gasteiger partial charge in [0.15, 0.2) is 0 Å². The van der Waals surface area contributed by atoms with E-state index in [1.54, 1.807) is 48.5 Å². The summed E-state index contributed by atoms with van der Waals surface area (Å²) in [6.07, 6.45) is 3.09. The van der Waals surface area contributed by atoms with E-state index in [2.05, 4.69) is 16.9 Å². The number of Topliss-reactive ketones (excluding diaryl/α,β-unsaturated/α-hetero) is 1. The van der Waals surface area contributed by atoms with Crippen molar-refractivity contribution < 1.29 is 23.8 Å². The molecule has 2 heterocycles. The molecule has 0 aliphatic carbocycles. The number of carbonyl (C=O) groups excluding carboxylic acids is 2. The molecule has 188 valence electrons. The number of halogens is 1. The number of nitrogens with zero attached hydrogens (tertiary/aromatic N) is 2. The number of fused-ring (bicyclic) bond motifs is 1. The first-order valence-corrected chi connectivity index (χ1v) is 12.2. The molecule has 1 aromatic heterocycles. The smallest absolute Gasteiger partial charge is 0.302 e. The summed E-state index contributed by atoms with van der Waals surface area (Å²) < 4.78 is 20.8. The van der Waals surface area contributed by atoms with E-state index >= 15 is 4.39 Å². The Bertz CT molecular complexity index is 1460. The highest BCUT2D eigenvalue weighted by Crippen LogP contribution is 2.42. The lowest BCUT2D eigenvalue weighted by Crippen LogP contribution is -2.30. The Kier molecular flexibility index (Phi) is 6.72. The van der Waals surface area contributed by atoms with E-state index in [1.165, 1.54) is 18.2 Å². The van der Waals surface area contributed by atoms with Crippen LogP contribution in [-0.4, -0.2) is 33.4 Å². The molecule has 5 rings (SSSR count). The second-order valence-electron chi connectivity index (χ2n) is 8.85. The number of nitrogens with one attached hydrogen (secondary N) is 1. The third kappa shape index (κ3) is 4.58. The van der Waals surface area contributed by atoms with Crippen molar-refractivity contribution >= 4 is 34.4 Å². The second-order valence-corrected chi connectivity index (χ2v) is 8.85. The van der Waals surface area contributed by atoms with Crippen molar-refractivity contribution in [2.24, 2.45) is 0 Å². The first-order chi connectivity index (χ1) is 18.0. The highest BCUT2D eigenvalue weighted by Gasteiger charge is 2.49. The number of aliphatic hydroxyl groups is 1.